The molecule has 0 amide bonds. The third-order valence-corrected chi connectivity index (χ3v) is 4.42. The number of hydrogen-bond donors (Lipinski definition) is 2. The van der Waals surface area contributed by atoms with Crippen molar-refractivity contribution in [1.82, 2.24) is 20.2 Å². The van der Waals surface area contributed by atoms with Crippen LogP contribution in [0.25, 0.3) is 17.1 Å². The minimum atomic E-state index is -1.06. The van der Waals surface area contributed by atoms with Crippen molar-refractivity contribution in [3.8, 4) is 11.4 Å². The van der Waals surface area contributed by atoms with Gasteiger partial charge in [-0.3, -0.25) is 0 Å². The number of tetrazole rings is 1. The average molecular weight is 300 g/mol. The van der Waals surface area contributed by atoms with Crippen LogP contribution in [0.1, 0.15) is 0 Å². The Morgan fingerprint density at radius 2 is 1.90 bits per heavy atom. The Kier molecular flexibility index (Phi) is 3.65. The molecule has 6 nitrogen and oxygen atoms in total. The van der Waals surface area contributed by atoms with E-state index in [0.29, 0.717) is 5.82 Å². The average Bonchev–Trinajstić information content (AvgIpc) is 3.17. The first-order valence-corrected chi connectivity index (χ1v) is 7.72. The molecule has 2 aromatic rings. The molecule has 0 atom stereocenters. The van der Waals surface area contributed by atoms with Gasteiger partial charge in [0, 0.05) is 5.56 Å². The lowest BCUT2D eigenvalue weighted by atomic mass is 10.2. The highest BCUT2D eigenvalue weighted by Crippen LogP contribution is 2.36. The SMILES string of the molecule is O=C(O)C(=C[SH]1C=CC=C1)n1nnnc1-c1ccccc1. The van der Waals surface area contributed by atoms with Crippen molar-refractivity contribution in [3.63, 3.8) is 0 Å². The van der Waals surface area contributed by atoms with Gasteiger partial charge in [0.1, 0.15) is 0 Å². The highest BCUT2D eigenvalue weighted by atomic mass is 32.2. The van der Waals surface area contributed by atoms with Gasteiger partial charge in [-0.15, -0.1) is 5.10 Å². The molecule has 0 radical (unpaired) electrons. The maximum atomic E-state index is 11.5. The van der Waals surface area contributed by atoms with Crippen LogP contribution in [0.15, 0.2) is 58.7 Å². The summed E-state index contributed by atoms with van der Waals surface area (Å²) in [5.41, 5.74) is 0.820. The first-order valence-electron chi connectivity index (χ1n) is 6.17. The molecule has 1 N–H and O–H groups in total. The molecule has 106 valence electrons. The number of aromatic nitrogens is 4. The standard InChI is InChI=1S/C14H12N4O2S/c19-14(20)12(10-21-8-4-5-9-21)18-13(15-16-17-18)11-6-2-1-3-7-11/h1-10,21H,(H,19,20). The molecule has 21 heavy (non-hydrogen) atoms. The molecule has 0 spiro atoms. The first kappa shape index (κ1) is 13.3. The fourth-order valence-electron chi connectivity index (χ4n) is 1.89. The second-order valence-corrected chi connectivity index (χ2v) is 5.98. The van der Waals surface area contributed by atoms with Gasteiger partial charge in [-0.1, -0.05) is 42.5 Å². The summed E-state index contributed by atoms with van der Waals surface area (Å²) in [7, 11) is -0.723. The fourth-order valence-corrected chi connectivity index (χ4v) is 3.26. The minimum Gasteiger partial charge on any atom is -0.476 e. The van der Waals surface area contributed by atoms with E-state index in [-0.39, 0.29) is 5.70 Å². The molecule has 0 saturated carbocycles. The molecule has 0 saturated heterocycles. The number of nitrogens with zero attached hydrogens (tertiary/aromatic N) is 4. The quantitative estimate of drug-likeness (QED) is 0.668. The zero-order valence-electron chi connectivity index (χ0n) is 10.9. The molecule has 7 heteroatoms. The van der Waals surface area contributed by atoms with E-state index in [4.69, 9.17) is 0 Å². The van der Waals surface area contributed by atoms with Crippen LogP contribution in [0, 0.1) is 0 Å². The topological polar surface area (TPSA) is 80.9 Å². The summed E-state index contributed by atoms with van der Waals surface area (Å²) in [6, 6.07) is 9.25. The van der Waals surface area contributed by atoms with Crippen LogP contribution in [0.4, 0.5) is 0 Å². The van der Waals surface area contributed by atoms with E-state index in [1.165, 1.54) is 4.68 Å². The number of carboxylic acid groups (broad SMARTS) is 1. The largest absolute Gasteiger partial charge is 0.476 e. The maximum Gasteiger partial charge on any atom is 0.355 e. The predicted molar refractivity (Wildman–Crippen MR) is 82.4 cm³/mol. The molecule has 3 rings (SSSR count). The van der Waals surface area contributed by atoms with Crippen LogP contribution < -0.4 is 0 Å². The Hall–Kier alpha value is -2.67. The van der Waals surface area contributed by atoms with E-state index >= 15 is 0 Å². The van der Waals surface area contributed by atoms with Crippen molar-refractivity contribution in [3.05, 3.63) is 58.7 Å². The lowest BCUT2D eigenvalue weighted by Gasteiger charge is -2.08. The smallest absolute Gasteiger partial charge is 0.355 e. The molecule has 1 aliphatic rings. The zero-order chi connectivity index (χ0) is 14.7. The van der Waals surface area contributed by atoms with E-state index in [1.54, 1.807) is 5.41 Å². The number of benzene rings is 1. The molecule has 2 heterocycles. The van der Waals surface area contributed by atoms with Crippen LogP contribution in [0.5, 0.6) is 0 Å². The van der Waals surface area contributed by atoms with E-state index in [1.807, 2.05) is 53.3 Å². The summed E-state index contributed by atoms with van der Waals surface area (Å²) in [5.74, 6) is -0.651. The molecule has 1 aliphatic heterocycles. The summed E-state index contributed by atoms with van der Waals surface area (Å²) >= 11 is 0. The monoisotopic (exact) mass is 300 g/mol. The second kappa shape index (κ2) is 5.76. The summed E-state index contributed by atoms with van der Waals surface area (Å²) in [4.78, 5) is 11.5. The van der Waals surface area contributed by atoms with E-state index in [2.05, 4.69) is 15.5 Å². The molecule has 0 bridgehead atoms. The molecular formula is C14H12N4O2S. The van der Waals surface area contributed by atoms with E-state index in [0.717, 1.165) is 5.56 Å². The highest BCUT2D eigenvalue weighted by Gasteiger charge is 2.18. The van der Waals surface area contributed by atoms with Crippen LogP contribution in [-0.4, -0.2) is 31.3 Å². The second-order valence-electron chi connectivity index (χ2n) is 4.23. The van der Waals surface area contributed by atoms with E-state index in [9.17, 15) is 9.90 Å². The number of rotatable bonds is 4. The van der Waals surface area contributed by atoms with Crippen LogP contribution in [0.3, 0.4) is 0 Å². The molecule has 0 fully saturated rings. The lowest BCUT2D eigenvalue weighted by molar-refractivity contribution is -0.130. The molecule has 0 unspecified atom stereocenters. The Morgan fingerprint density at radius 3 is 2.57 bits per heavy atom. The van der Waals surface area contributed by atoms with E-state index < -0.39 is 16.9 Å². The number of allylic oxidation sites excluding steroid dienone is 2. The van der Waals surface area contributed by atoms with Gasteiger partial charge in [0.25, 0.3) is 0 Å². The zero-order valence-corrected chi connectivity index (χ0v) is 11.8. The number of carboxylic acids is 1. The third-order valence-electron chi connectivity index (χ3n) is 2.85. The van der Waals surface area contributed by atoms with Gasteiger partial charge in [-0.25, -0.2) is 4.79 Å². The van der Waals surface area contributed by atoms with Crippen molar-refractivity contribution in [2.24, 2.45) is 0 Å². The van der Waals surface area contributed by atoms with Crippen molar-refractivity contribution < 1.29 is 9.90 Å². The molecule has 0 aliphatic carbocycles. The first-order chi connectivity index (χ1) is 10.3. The van der Waals surface area contributed by atoms with Gasteiger partial charge >= 0.3 is 5.97 Å². The summed E-state index contributed by atoms with van der Waals surface area (Å²) < 4.78 is 1.26. The predicted octanol–water partition coefficient (Wildman–Crippen LogP) is 2.27. The van der Waals surface area contributed by atoms with Gasteiger partial charge in [0.2, 0.25) is 0 Å². The number of hydrogen-bond acceptors (Lipinski definition) is 4. The maximum absolute atomic E-state index is 11.5. The minimum absolute atomic E-state index is 0.0566. The van der Waals surface area contributed by atoms with Crippen molar-refractivity contribution >= 4 is 22.6 Å². The van der Waals surface area contributed by atoms with Gasteiger partial charge in [0.05, 0.1) is 0 Å². The van der Waals surface area contributed by atoms with Crippen LogP contribution in [-0.2, 0) is 4.79 Å². The van der Waals surface area contributed by atoms with Gasteiger partial charge in [-0.05, 0) is 26.7 Å². The lowest BCUT2D eigenvalue weighted by Crippen LogP contribution is -2.11. The fraction of sp³-hybridized carbons (Fsp3) is 0. The third kappa shape index (κ3) is 2.77. The normalized spacial score (nSPS) is 15.6. The van der Waals surface area contributed by atoms with Gasteiger partial charge in [0.15, 0.2) is 11.5 Å². The molecular weight excluding hydrogens is 288 g/mol. The van der Waals surface area contributed by atoms with Crippen molar-refractivity contribution in [1.29, 1.82) is 0 Å². The summed E-state index contributed by atoms with van der Waals surface area (Å²) in [6.07, 6.45) is 3.80. The molecule has 1 aromatic carbocycles. The Morgan fingerprint density at radius 1 is 1.19 bits per heavy atom. The van der Waals surface area contributed by atoms with Gasteiger partial charge < -0.3 is 5.11 Å². The summed E-state index contributed by atoms with van der Waals surface area (Å²) in [6.45, 7) is 0. The van der Waals surface area contributed by atoms with Gasteiger partial charge in [-0.2, -0.15) is 15.6 Å². The van der Waals surface area contributed by atoms with Crippen LogP contribution in [0.2, 0.25) is 0 Å². The number of carbonyl (C=O) groups is 1. The Bertz CT molecular complexity index is 737. The molecule has 1 aromatic heterocycles. The summed E-state index contributed by atoms with van der Waals surface area (Å²) in [5, 5.41) is 26.4. The van der Waals surface area contributed by atoms with Crippen molar-refractivity contribution in [2.75, 3.05) is 0 Å². The Labute approximate surface area is 123 Å². The number of aliphatic carboxylic acids is 1. The van der Waals surface area contributed by atoms with Crippen molar-refractivity contribution in [2.45, 2.75) is 0 Å². The number of thiol groups is 1. The highest BCUT2D eigenvalue weighted by molar-refractivity contribution is 8.24. The van der Waals surface area contributed by atoms with Crippen LogP contribution >= 0.6 is 10.9 Å². The Balaban J connectivity index is 2.06.